The molecule has 8 unspecified atom stereocenters. The van der Waals surface area contributed by atoms with Gasteiger partial charge in [0.1, 0.15) is 0 Å². The zero-order valence-corrected chi connectivity index (χ0v) is 20.2. The van der Waals surface area contributed by atoms with Crippen molar-refractivity contribution < 1.29 is 5.11 Å². The molecule has 1 aromatic carbocycles. The molecule has 3 saturated carbocycles. The van der Waals surface area contributed by atoms with E-state index in [1.807, 2.05) is 12.1 Å². The van der Waals surface area contributed by atoms with Crippen LogP contribution in [0.15, 0.2) is 41.0 Å². The zero-order chi connectivity index (χ0) is 22.1. The summed E-state index contributed by atoms with van der Waals surface area (Å²) >= 11 is 6.10. The molecular weight excluding hydrogens is 416 g/mol. The second kappa shape index (κ2) is 7.60. The lowest BCUT2D eigenvalue weighted by Crippen LogP contribution is -2.51. The number of benzene rings is 1. The molecule has 0 spiro atoms. The van der Waals surface area contributed by atoms with Crippen LogP contribution in [0.5, 0.6) is 0 Å². The smallest absolute Gasteiger partial charge is 0.0742 e. The molecule has 2 N–H and O–H groups in total. The third-order valence-electron chi connectivity index (χ3n) is 10.5. The third kappa shape index (κ3) is 3.14. The molecule has 32 heavy (non-hydrogen) atoms. The number of aliphatic hydroxyl groups excluding tert-OH is 1. The molecule has 0 amide bonds. The molecule has 4 aliphatic carbocycles. The number of aliphatic hydroxyl groups is 1. The van der Waals surface area contributed by atoms with Crippen molar-refractivity contribution in [1.29, 1.82) is 0 Å². The van der Waals surface area contributed by atoms with Crippen molar-refractivity contribution in [2.75, 3.05) is 0 Å². The highest BCUT2D eigenvalue weighted by molar-refractivity contribution is 6.30. The van der Waals surface area contributed by atoms with Crippen molar-refractivity contribution in [3.05, 3.63) is 46.5 Å². The lowest BCUT2D eigenvalue weighted by atomic mass is 9.47. The summed E-state index contributed by atoms with van der Waals surface area (Å²) in [5.41, 5.74) is 8.43. The van der Waals surface area contributed by atoms with Gasteiger partial charge in [0.2, 0.25) is 0 Å². The minimum atomic E-state index is -0.114. The van der Waals surface area contributed by atoms with E-state index in [1.54, 1.807) is 5.57 Å². The predicted octanol–water partition coefficient (Wildman–Crippen LogP) is 6.67. The first-order chi connectivity index (χ1) is 15.4. The van der Waals surface area contributed by atoms with Gasteiger partial charge >= 0.3 is 0 Å². The Morgan fingerprint density at radius 3 is 2.62 bits per heavy atom. The van der Waals surface area contributed by atoms with Gasteiger partial charge in [-0.2, -0.15) is 5.10 Å². The number of halogens is 1. The molecular formula is C28H37ClN2O. The maximum atomic E-state index is 10.3. The molecule has 6 rings (SSSR count). The Labute approximate surface area is 197 Å². The summed E-state index contributed by atoms with van der Waals surface area (Å²) in [6.45, 7) is 5.12. The predicted molar refractivity (Wildman–Crippen MR) is 131 cm³/mol. The first-order valence-corrected chi connectivity index (χ1v) is 13.2. The van der Waals surface area contributed by atoms with Crippen LogP contribution in [0.25, 0.3) is 0 Å². The molecule has 3 fully saturated rings. The Balaban J connectivity index is 1.21. The normalized spacial score (nSPS) is 45.2. The fraction of sp³-hybridized carbons (Fsp3) is 0.679. The van der Waals surface area contributed by atoms with Crippen molar-refractivity contribution in [2.45, 2.75) is 83.8 Å². The monoisotopic (exact) mass is 452 g/mol. The number of hydrogen-bond donors (Lipinski definition) is 2. The fourth-order valence-electron chi connectivity index (χ4n) is 8.76. The van der Waals surface area contributed by atoms with E-state index in [2.05, 4.69) is 37.5 Å². The van der Waals surface area contributed by atoms with Gasteiger partial charge in [-0.3, -0.25) is 0 Å². The quantitative estimate of drug-likeness (QED) is 0.492. The van der Waals surface area contributed by atoms with Crippen molar-refractivity contribution in [3.63, 3.8) is 0 Å². The molecule has 172 valence electrons. The van der Waals surface area contributed by atoms with Crippen molar-refractivity contribution >= 4 is 17.3 Å². The summed E-state index contributed by atoms with van der Waals surface area (Å²) in [5, 5.41) is 16.0. The number of nitrogens with one attached hydrogen (secondary N) is 1. The van der Waals surface area contributed by atoms with Crippen LogP contribution in [0.1, 0.15) is 83.2 Å². The molecule has 1 heterocycles. The van der Waals surface area contributed by atoms with E-state index in [0.717, 1.165) is 42.0 Å². The van der Waals surface area contributed by atoms with E-state index in [9.17, 15) is 5.11 Å². The van der Waals surface area contributed by atoms with Gasteiger partial charge < -0.3 is 10.5 Å². The van der Waals surface area contributed by atoms with Crippen molar-refractivity contribution in [1.82, 2.24) is 5.43 Å². The third-order valence-corrected chi connectivity index (χ3v) is 10.8. The van der Waals surface area contributed by atoms with Gasteiger partial charge in [0.05, 0.1) is 12.1 Å². The van der Waals surface area contributed by atoms with Crippen LogP contribution in [0, 0.1) is 34.5 Å². The second-order valence-electron chi connectivity index (χ2n) is 11.9. The Hall–Kier alpha value is -1.32. The summed E-state index contributed by atoms with van der Waals surface area (Å²) in [6, 6.07) is 8.53. The summed E-state index contributed by atoms with van der Waals surface area (Å²) in [6.07, 6.45) is 13.1. The fourth-order valence-corrected chi connectivity index (χ4v) is 8.88. The van der Waals surface area contributed by atoms with Gasteiger partial charge in [-0.1, -0.05) is 49.2 Å². The van der Waals surface area contributed by atoms with Crippen LogP contribution in [-0.4, -0.2) is 16.9 Å². The van der Waals surface area contributed by atoms with E-state index in [1.165, 1.54) is 49.8 Å². The van der Waals surface area contributed by atoms with Crippen LogP contribution in [0.4, 0.5) is 0 Å². The first-order valence-electron chi connectivity index (χ1n) is 12.8. The van der Waals surface area contributed by atoms with Gasteiger partial charge in [-0.05, 0) is 97.6 Å². The Kier molecular flexibility index (Phi) is 5.04. The molecule has 1 aliphatic heterocycles. The van der Waals surface area contributed by atoms with E-state index >= 15 is 0 Å². The first kappa shape index (κ1) is 21.2. The van der Waals surface area contributed by atoms with Gasteiger partial charge in [-0.15, -0.1) is 0 Å². The minimum absolute atomic E-state index is 0.114. The lowest BCUT2D eigenvalue weighted by Gasteiger charge is -2.58. The van der Waals surface area contributed by atoms with E-state index < -0.39 is 0 Å². The van der Waals surface area contributed by atoms with Crippen LogP contribution in [-0.2, 0) is 0 Å². The molecule has 4 heteroatoms. The maximum absolute atomic E-state index is 10.3. The second-order valence-corrected chi connectivity index (χ2v) is 12.3. The molecule has 8 atom stereocenters. The number of hydrazone groups is 1. The molecule has 1 aromatic rings. The van der Waals surface area contributed by atoms with E-state index in [0.29, 0.717) is 16.7 Å². The van der Waals surface area contributed by atoms with Crippen molar-refractivity contribution in [2.24, 2.45) is 39.6 Å². The Morgan fingerprint density at radius 2 is 1.81 bits per heavy atom. The maximum Gasteiger partial charge on any atom is 0.0742 e. The van der Waals surface area contributed by atoms with Crippen LogP contribution >= 0.6 is 11.6 Å². The lowest BCUT2D eigenvalue weighted by molar-refractivity contribution is -0.0424. The van der Waals surface area contributed by atoms with Gasteiger partial charge in [0.15, 0.2) is 0 Å². The van der Waals surface area contributed by atoms with Crippen LogP contribution < -0.4 is 5.43 Å². The van der Waals surface area contributed by atoms with Crippen molar-refractivity contribution in [3.8, 4) is 0 Å². The van der Waals surface area contributed by atoms with Gasteiger partial charge in [0, 0.05) is 23.1 Å². The van der Waals surface area contributed by atoms with Crippen LogP contribution in [0.2, 0.25) is 5.02 Å². The standard InChI is InChI=1S/C28H37ClN2O/c1-27-13-11-20(32)15-18(27)5-8-21-22-9-10-24(28(22,2)14-12-23(21)27)26-16-25(30-31-26)17-3-6-19(29)7-4-17/h3-7,20-25,30,32H,8-16H2,1-2H3. The SMILES string of the molecule is CC12CCC(O)CC1=CCC1C2CCC2(C)C(C3=NNC(c4ccc(Cl)cc4)C3)CCC12. The molecule has 0 bridgehead atoms. The molecule has 0 saturated heterocycles. The molecule has 0 aromatic heterocycles. The zero-order valence-electron chi connectivity index (χ0n) is 19.5. The summed E-state index contributed by atoms with van der Waals surface area (Å²) in [7, 11) is 0. The van der Waals surface area contributed by atoms with Gasteiger partial charge in [0.25, 0.3) is 0 Å². The Bertz CT molecular complexity index is 955. The summed E-state index contributed by atoms with van der Waals surface area (Å²) in [5.74, 6) is 3.04. The topological polar surface area (TPSA) is 44.6 Å². The molecule has 0 radical (unpaired) electrons. The average molecular weight is 453 g/mol. The highest BCUT2D eigenvalue weighted by Gasteiger charge is 2.59. The average Bonchev–Trinajstić information content (AvgIpc) is 3.39. The number of hydrogen-bond acceptors (Lipinski definition) is 3. The molecule has 3 nitrogen and oxygen atoms in total. The van der Waals surface area contributed by atoms with E-state index in [4.69, 9.17) is 16.7 Å². The number of rotatable bonds is 2. The highest BCUT2D eigenvalue weighted by atomic mass is 35.5. The number of allylic oxidation sites excluding steroid dienone is 1. The number of fused-ring (bicyclic) bond motifs is 5. The number of nitrogens with zero attached hydrogens (tertiary/aromatic N) is 1. The van der Waals surface area contributed by atoms with E-state index in [-0.39, 0.29) is 12.1 Å². The highest BCUT2D eigenvalue weighted by Crippen LogP contribution is 2.66. The molecule has 5 aliphatic rings. The van der Waals surface area contributed by atoms with Crippen LogP contribution in [0.3, 0.4) is 0 Å². The summed E-state index contributed by atoms with van der Waals surface area (Å²) in [4.78, 5) is 0. The summed E-state index contributed by atoms with van der Waals surface area (Å²) < 4.78 is 0. The van der Waals surface area contributed by atoms with Gasteiger partial charge in [-0.25, -0.2) is 0 Å². The Morgan fingerprint density at radius 1 is 1.00 bits per heavy atom. The largest absolute Gasteiger partial charge is 0.393 e. The minimum Gasteiger partial charge on any atom is -0.393 e.